The van der Waals surface area contributed by atoms with E-state index < -0.39 is 0 Å². The van der Waals surface area contributed by atoms with Crippen LogP contribution >= 0.6 is 11.8 Å². The Labute approximate surface area is 218 Å². The molecule has 0 saturated carbocycles. The lowest BCUT2D eigenvalue weighted by atomic mass is 9.87. The summed E-state index contributed by atoms with van der Waals surface area (Å²) in [6, 6.07) is 30.4. The van der Waals surface area contributed by atoms with Crippen molar-refractivity contribution in [2.45, 2.75) is 32.2 Å². The molecule has 2 heterocycles. The minimum atomic E-state index is -0.129. The molecule has 2 aliphatic rings. The molecule has 36 heavy (non-hydrogen) atoms. The smallest absolute Gasteiger partial charge is 0.286 e. The number of nitrogens with zero attached hydrogens (tertiary/aromatic N) is 2. The van der Waals surface area contributed by atoms with Crippen LogP contribution in [0.5, 0.6) is 0 Å². The van der Waals surface area contributed by atoms with Crippen LogP contribution in [-0.4, -0.2) is 42.2 Å². The van der Waals surface area contributed by atoms with Gasteiger partial charge in [-0.1, -0.05) is 106 Å². The van der Waals surface area contributed by atoms with Gasteiger partial charge in [0.15, 0.2) is 5.17 Å². The Hall–Kier alpha value is -3.15. The summed E-state index contributed by atoms with van der Waals surface area (Å²) < 4.78 is 0. The van der Waals surface area contributed by atoms with Crippen LogP contribution in [0.15, 0.2) is 94.8 Å². The van der Waals surface area contributed by atoms with Crippen LogP contribution in [0.2, 0.25) is 0 Å². The van der Waals surface area contributed by atoms with Crippen molar-refractivity contribution in [3.05, 3.63) is 112 Å². The number of hydrogen-bond donors (Lipinski definition) is 1. The average Bonchev–Trinajstić information content (AvgIpc) is 3.25. The highest BCUT2D eigenvalue weighted by Crippen LogP contribution is 2.31. The number of amidine groups is 1. The second-order valence-corrected chi connectivity index (χ2v) is 11.6. The molecule has 3 aromatic carbocycles. The SMILES string of the molecule is CC(C)(C)c1ccc(/C=C2\SC(N3CC[NH+](C(c4ccccc4)c4ccccc4)CC3)=NC2=O)cc1. The average molecular weight is 497 g/mol. The number of rotatable bonds is 4. The van der Waals surface area contributed by atoms with Crippen molar-refractivity contribution in [1.29, 1.82) is 0 Å². The predicted molar refractivity (Wildman–Crippen MR) is 150 cm³/mol. The lowest BCUT2D eigenvalue weighted by molar-refractivity contribution is -0.929. The van der Waals surface area contributed by atoms with Gasteiger partial charge < -0.3 is 9.80 Å². The maximum Gasteiger partial charge on any atom is 0.286 e. The van der Waals surface area contributed by atoms with E-state index in [9.17, 15) is 4.79 Å². The number of aliphatic imine (C=N–C) groups is 1. The quantitative estimate of drug-likeness (QED) is 0.520. The van der Waals surface area contributed by atoms with E-state index in [1.807, 2.05) is 6.08 Å². The van der Waals surface area contributed by atoms with E-state index in [0.717, 1.165) is 36.9 Å². The number of piperazine rings is 1. The molecule has 1 amide bonds. The highest BCUT2D eigenvalue weighted by molar-refractivity contribution is 8.18. The Bertz CT molecular complexity index is 1210. The first-order valence-electron chi connectivity index (χ1n) is 12.7. The molecular formula is C31H34N3OS+. The molecule has 5 heteroatoms. The normalized spacial score (nSPS) is 18.2. The molecule has 0 radical (unpaired) electrons. The van der Waals surface area contributed by atoms with Crippen molar-refractivity contribution >= 4 is 28.9 Å². The monoisotopic (exact) mass is 496 g/mol. The molecule has 3 aromatic rings. The Kier molecular flexibility index (Phi) is 7.13. The number of nitrogens with one attached hydrogen (secondary N) is 1. The highest BCUT2D eigenvalue weighted by Gasteiger charge is 2.33. The van der Waals surface area contributed by atoms with Gasteiger partial charge in [-0.25, -0.2) is 0 Å². The van der Waals surface area contributed by atoms with Crippen LogP contribution in [0.4, 0.5) is 0 Å². The molecular weight excluding hydrogens is 462 g/mol. The summed E-state index contributed by atoms with van der Waals surface area (Å²) in [5.74, 6) is -0.129. The maximum atomic E-state index is 12.7. The lowest BCUT2D eigenvalue weighted by Crippen LogP contribution is -3.15. The second kappa shape index (κ2) is 10.5. The highest BCUT2D eigenvalue weighted by atomic mass is 32.2. The molecule has 1 fully saturated rings. The van der Waals surface area contributed by atoms with Crippen molar-refractivity contribution in [2.75, 3.05) is 26.2 Å². The van der Waals surface area contributed by atoms with Crippen molar-refractivity contribution in [2.24, 2.45) is 4.99 Å². The van der Waals surface area contributed by atoms with E-state index in [4.69, 9.17) is 0 Å². The van der Waals surface area contributed by atoms with E-state index in [1.54, 1.807) is 4.90 Å². The Morgan fingerprint density at radius 2 is 1.42 bits per heavy atom. The van der Waals surface area contributed by atoms with Gasteiger partial charge in [0.05, 0.1) is 31.1 Å². The molecule has 1 saturated heterocycles. The zero-order valence-electron chi connectivity index (χ0n) is 21.3. The van der Waals surface area contributed by atoms with E-state index >= 15 is 0 Å². The molecule has 2 aliphatic heterocycles. The summed E-state index contributed by atoms with van der Waals surface area (Å²) in [7, 11) is 0. The second-order valence-electron chi connectivity index (χ2n) is 10.6. The molecule has 0 atom stereocenters. The Morgan fingerprint density at radius 3 is 1.94 bits per heavy atom. The van der Waals surface area contributed by atoms with Gasteiger partial charge in [-0.05, 0) is 34.4 Å². The number of hydrogen-bond acceptors (Lipinski definition) is 3. The van der Waals surface area contributed by atoms with Crippen molar-refractivity contribution in [3.8, 4) is 0 Å². The lowest BCUT2D eigenvalue weighted by Gasteiger charge is -2.37. The molecule has 0 bridgehead atoms. The summed E-state index contributed by atoms with van der Waals surface area (Å²) in [6.07, 6.45) is 1.97. The summed E-state index contributed by atoms with van der Waals surface area (Å²) >= 11 is 1.51. The molecule has 0 unspecified atom stereocenters. The topological polar surface area (TPSA) is 37.1 Å². The van der Waals surface area contributed by atoms with Gasteiger partial charge in [0.2, 0.25) is 0 Å². The molecule has 5 rings (SSSR count). The molecule has 184 valence electrons. The van der Waals surface area contributed by atoms with E-state index in [-0.39, 0.29) is 11.3 Å². The number of quaternary nitrogens is 1. The molecule has 0 aromatic heterocycles. The van der Waals surface area contributed by atoms with Crippen LogP contribution in [0.25, 0.3) is 6.08 Å². The van der Waals surface area contributed by atoms with E-state index in [2.05, 4.69) is 116 Å². The third-order valence-corrected chi connectivity index (χ3v) is 8.08. The fraction of sp³-hybridized carbons (Fsp3) is 0.290. The molecule has 4 nitrogen and oxygen atoms in total. The standard InChI is InChI=1S/C31H33N3OS/c1-31(2,3)26-16-14-23(15-17-26)22-27-29(35)32-30(36-27)34-20-18-33(19-21-34)28(24-10-6-4-7-11-24)25-12-8-5-9-13-25/h4-17,22,28H,18-21H2,1-3H3/p+1/b27-22-. The van der Waals surface area contributed by atoms with Crippen LogP contribution in [0.1, 0.15) is 49.1 Å². The van der Waals surface area contributed by atoms with Crippen LogP contribution in [0.3, 0.4) is 0 Å². The summed E-state index contributed by atoms with van der Waals surface area (Å²) in [6.45, 7) is 10.4. The third-order valence-electron chi connectivity index (χ3n) is 7.03. The zero-order chi connectivity index (χ0) is 25.1. The van der Waals surface area contributed by atoms with Crippen molar-refractivity contribution in [3.63, 3.8) is 0 Å². The zero-order valence-corrected chi connectivity index (χ0v) is 22.1. The predicted octanol–water partition coefficient (Wildman–Crippen LogP) is 4.94. The van der Waals surface area contributed by atoms with E-state index in [0.29, 0.717) is 10.9 Å². The number of carbonyl (C=O) groups is 1. The van der Waals surface area contributed by atoms with Gasteiger partial charge >= 0.3 is 0 Å². The first kappa shape index (κ1) is 24.5. The van der Waals surface area contributed by atoms with Crippen LogP contribution in [-0.2, 0) is 10.2 Å². The minimum Gasteiger partial charge on any atom is -0.339 e. The maximum absolute atomic E-state index is 12.7. The third kappa shape index (κ3) is 5.48. The minimum absolute atomic E-state index is 0.115. The van der Waals surface area contributed by atoms with Gasteiger partial charge in [0, 0.05) is 11.1 Å². The first-order valence-corrected chi connectivity index (χ1v) is 13.5. The number of amides is 1. The van der Waals surface area contributed by atoms with Gasteiger partial charge in [0.25, 0.3) is 5.91 Å². The molecule has 0 spiro atoms. The fourth-order valence-electron chi connectivity index (χ4n) is 4.99. The van der Waals surface area contributed by atoms with Gasteiger partial charge in [-0.15, -0.1) is 0 Å². The van der Waals surface area contributed by atoms with E-state index in [1.165, 1.54) is 28.5 Å². The van der Waals surface area contributed by atoms with Gasteiger partial charge in [-0.2, -0.15) is 4.99 Å². The number of benzene rings is 3. The molecule has 0 aliphatic carbocycles. The Morgan fingerprint density at radius 1 is 0.861 bits per heavy atom. The van der Waals surface area contributed by atoms with Gasteiger partial charge in [-0.3, -0.25) is 4.79 Å². The van der Waals surface area contributed by atoms with Crippen molar-refractivity contribution < 1.29 is 9.69 Å². The first-order chi connectivity index (χ1) is 17.4. The van der Waals surface area contributed by atoms with Crippen molar-refractivity contribution in [1.82, 2.24) is 4.90 Å². The number of carbonyl (C=O) groups excluding carboxylic acids is 1. The fourth-order valence-corrected chi connectivity index (χ4v) is 5.96. The number of thioether (sulfide) groups is 1. The largest absolute Gasteiger partial charge is 0.339 e. The molecule has 1 N–H and O–H groups in total. The van der Waals surface area contributed by atoms with Crippen LogP contribution in [0, 0.1) is 0 Å². The summed E-state index contributed by atoms with van der Waals surface area (Å²) in [4.78, 5) is 21.6. The van der Waals surface area contributed by atoms with Crippen LogP contribution < -0.4 is 4.90 Å². The summed E-state index contributed by atoms with van der Waals surface area (Å²) in [5, 5.41) is 0.840. The Balaban J connectivity index is 1.26. The summed E-state index contributed by atoms with van der Waals surface area (Å²) in [5.41, 5.74) is 5.13. The van der Waals surface area contributed by atoms with Gasteiger partial charge in [0.1, 0.15) is 6.04 Å².